The Balaban J connectivity index is 2.23. The van der Waals surface area contributed by atoms with Gasteiger partial charge in [0.05, 0.1) is 12.4 Å². The molecule has 0 bridgehead atoms. The number of H-pyrrole nitrogens is 1. The maximum Gasteiger partial charge on any atom is 0.356 e. The molecular weight excluding hydrogens is 270 g/mol. The highest BCUT2D eigenvalue weighted by Gasteiger charge is 2.24. The van der Waals surface area contributed by atoms with Crippen LogP contribution in [0.15, 0.2) is 36.7 Å². The van der Waals surface area contributed by atoms with Gasteiger partial charge in [-0.1, -0.05) is 44.2 Å². The summed E-state index contributed by atoms with van der Waals surface area (Å²) < 4.78 is 0. The fourth-order valence-electron chi connectivity index (χ4n) is 2.14. The lowest BCUT2D eigenvalue weighted by Crippen LogP contribution is -2.32. The normalized spacial score (nSPS) is 12.1. The molecule has 3 N–H and O–H groups in total. The molecule has 0 spiro atoms. The molecule has 0 saturated carbocycles. The topological polar surface area (TPSA) is 95.1 Å². The van der Waals surface area contributed by atoms with Crippen LogP contribution < -0.4 is 5.32 Å². The van der Waals surface area contributed by atoms with E-state index in [4.69, 9.17) is 5.11 Å². The van der Waals surface area contributed by atoms with Crippen LogP contribution in [-0.4, -0.2) is 27.0 Å². The van der Waals surface area contributed by atoms with Crippen molar-refractivity contribution in [2.75, 3.05) is 0 Å². The van der Waals surface area contributed by atoms with Gasteiger partial charge in [-0.3, -0.25) is 4.79 Å². The summed E-state index contributed by atoms with van der Waals surface area (Å²) >= 11 is 0. The number of carboxylic acid groups (broad SMARTS) is 1. The van der Waals surface area contributed by atoms with Crippen molar-refractivity contribution in [3.8, 4) is 0 Å². The number of carbonyl (C=O) groups is 2. The first kappa shape index (κ1) is 14.8. The van der Waals surface area contributed by atoms with Gasteiger partial charge in [-0.2, -0.15) is 0 Å². The predicted molar refractivity (Wildman–Crippen MR) is 77.0 cm³/mol. The second kappa shape index (κ2) is 6.21. The standard InChI is InChI=1S/C15H17N3O3/c1-9(2)11(10-6-4-3-5-7-10)18-14(19)12-13(15(20)21)17-8-16-12/h3-9,11H,1-2H3,(H,16,17)(H,18,19)(H,20,21). The van der Waals surface area contributed by atoms with Crippen LogP contribution in [0.1, 0.15) is 46.4 Å². The van der Waals surface area contributed by atoms with Crippen molar-refractivity contribution in [1.29, 1.82) is 0 Å². The van der Waals surface area contributed by atoms with Gasteiger partial charge in [0.25, 0.3) is 5.91 Å². The lowest BCUT2D eigenvalue weighted by Gasteiger charge is -2.22. The Labute approximate surface area is 122 Å². The van der Waals surface area contributed by atoms with Crippen molar-refractivity contribution in [1.82, 2.24) is 15.3 Å². The number of benzene rings is 1. The lowest BCUT2D eigenvalue weighted by atomic mass is 9.96. The van der Waals surface area contributed by atoms with Gasteiger partial charge >= 0.3 is 5.97 Å². The van der Waals surface area contributed by atoms with Gasteiger partial charge in [0.1, 0.15) is 5.69 Å². The van der Waals surface area contributed by atoms with E-state index >= 15 is 0 Å². The molecule has 1 heterocycles. The third-order valence-corrected chi connectivity index (χ3v) is 3.18. The summed E-state index contributed by atoms with van der Waals surface area (Å²) in [6.45, 7) is 3.98. The number of imidazole rings is 1. The number of rotatable bonds is 5. The maximum atomic E-state index is 12.3. The molecule has 0 radical (unpaired) electrons. The molecule has 1 aromatic carbocycles. The molecule has 1 unspecified atom stereocenters. The highest BCUT2D eigenvalue weighted by molar-refractivity contribution is 6.02. The Kier molecular flexibility index (Phi) is 4.37. The molecule has 0 fully saturated rings. The van der Waals surface area contributed by atoms with Crippen molar-refractivity contribution in [3.63, 3.8) is 0 Å². The van der Waals surface area contributed by atoms with E-state index in [9.17, 15) is 9.59 Å². The molecule has 6 heteroatoms. The molecule has 0 aliphatic rings. The number of aromatic carboxylic acids is 1. The van der Waals surface area contributed by atoms with E-state index in [1.165, 1.54) is 6.33 Å². The number of nitrogens with zero attached hydrogens (tertiary/aromatic N) is 1. The molecule has 1 aromatic heterocycles. The summed E-state index contributed by atoms with van der Waals surface area (Å²) in [7, 11) is 0. The minimum Gasteiger partial charge on any atom is -0.476 e. The van der Waals surface area contributed by atoms with E-state index in [1.54, 1.807) is 0 Å². The van der Waals surface area contributed by atoms with Crippen LogP contribution in [0.3, 0.4) is 0 Å². The average molecular weight is 287 g/mol. The Morgan fingerprint density at radius 3 is 2.48 bits per heavy atom. The first-order valence-electron chi connectivity index (χ1n) is 6.63. The predicted octanol–water partition coefficient (Wildman–Crippen LogP) is 2.24. The number of hydrogen-bond acceptors (Lipinski definition) is 3. The van der Waals surface area contributed by atoms with Crippen LogP contribution in [-0.2, 0) is 0 Å². The summed E-state index contributed by atoms with van der Waals surface area (Å²) in [4.78, 5) is 29.5. The van der Waals surface area contributed by atoms with Gasteiger partial charge in [0.15, 0.2) is 5.69 Å². The lowest BCUT2D eigenvalue weighted by molar-refractivity contribution is 0.0684. The van der Waals surface area contributed by atoms with Gasteiger partial charge < -0.3 is 15.4 Å². The highest BCUT2D eigenvalue weighted by atomic mass is 16.4. The zero-order chi connectivity index (χ0) is 15.4. The Morgan fingerprint density at radius 1 is 1.24 bits per heavy atom. The van der Waals surface area contributed by atoms with E-state index in [-0.39, 0.29) is 23.3 Å². The van der Waals surface area contributed by atoms with E-state index in [0.29, 0.717) is 0 Å². The zero-order valence-electron chi connectivity index (χ0n) is 11.8. The van der Waals surface area contributed by atoms with Crippen LogP contribution in [0, 0.1) is 5.92 Å². The molecule has 1 amide bonds. The Hall–Kier alpha value is -2.63. The van der Waals surface area contributed by atoms with Crippen LogP contribution >= 0.6 is 0 Å². The number of aromatic amines is 1. The number of amides is 1. The van der Waals surface area contributed by atoms with E-state index in [0.717, 1.165) is 5.56 Å². The Morgan fingerprint density at radius 2 is 1.90 bits per heavy atom. The minimum absolute atomic E-state index is 0.0379. The van der Waals surface area contributed by atoms with Crippen molar-refractivity contribution in [3.05, 3.63) is 53.6 Å². The Bertz CT molecular complexity index is 635. The monoisotopic (exact) mass is 287 g/mol. The zero-order valence-corrected chi connectivity index (χ0v) is 11.8. The minimum atomic E-state index is -1.23. The van der Waals surface area contributed by atoms with Crippen LogP contribution in [0.5, 0.6) is 0 Å². The third kappa shape index (κ3) is 3.28. The summed E-state index contributed by atoms with van der Waals surface area (Å²) in [5, 5.41) is 11.9. The number of carboxylic acids is 1. The second-order valence-electron chi connectivity index (χ2n) is 5.04. The van der Waals surface area contributed by atoms with Gasteiger partial charge in [0, 0.05) is 0 Å². The highest BCUT2D eigenvalue weighted by Crippen LogP contribution is 2.22. The number of hydrogen-bond donors (Lipinski definition) is 3. The average Bonchev–Trinajstić information content (AvgIpc) is 2.94. The fourth-order valence-corrected chi connectivity index (χ4v) is 2.14. The first-order valence-corrected chi connectivity index (χ1v) is 6.63. The van der Waals surface area contributed by atoms with Gasteiger partial charge in [-0.15, -0.1) is 0 Å². The first-order chi connectivity index (χ1) is 10.0. The van der Waals surface area contributed by atoms with Crippen molar-refractivity contribution in [2.45, 2.75) is 19.9 Å². The molecule has 110 valence electrons. The molecule has 0 aliphatic carbocycles. The van der Waals surface area contributed by atoms with Crippen LogP contribution in [0.4, 0.5) is 0 Å². The number of aromatic nitrogens is 2. The molecule has 0 aliphatic heterocycles. The maximum absolute atomic E-state index is 12.3. The molecule has 6 nitrogen and oxygen atoms in total. The fraction of sp³-hybridized carbons (Fsp3) is 0.267. The quantitative estimate of drug-likeness (QED) is 0.786. The van der Waals surface area contributed by atoms with Crippen LogP contribution in [0.25, 0.3) is 0 Å². The molecule has 1 atom stereocenters. The SMILES string of the molecule is CC(C)C(NC(=O)c1[nH]cnc1C(=O)O)c1ccccc1. The van der Waals surface area contributed by atoms with Crippen molar-refractivity contribution < 1.29 is 14.7 Å². The molecule has 0 saturated heterocycles. The van der Waals surface area contributed by atoms with Crippen molar-refractivity contribution >= 4 is 11.9 Å². The summed E-state index contributed by atoms with van der Waals surface area (Å²) in [5.74, 6) is -1.55. The second-order valence-corrected chi connectivity index (χ2v) is 5.04. The molecule has 2 rings (SSSR count). The van der Waals surface area contributed by atoms with Crippen LogP contribution in [0.2, 0.25) is 0 Å². The number of nitrogens with one attached hydrogen (secondary N) is 2. The molecule has 21 heavy (non-hydrogen) atoms. The number of carbonyl (C=O) groups excluding carboxylic acids is 1. The smallest absolute Gasteiger partial charge is 0.356 e. The third-order valence-electron chi connectivity index (χ3n) is 3.18. The molecular formula is C15H17N3O3. The largest absolute Gasteiger partial charge is 0.476 e. The summed E-state index contributed by atoms with van der Waals surface area (Å²) in [6.07, 6.45) is 1.20. The van der Waals surface area contributed by atoms with E-state index in [1.807, 2.05) is 44.2 Å². The van der Waals surface area contributed by atoms with Gasteiger partial charge in [0.2, 0.25) is 0 Å². The van der Waals surface area contributed by atoms with E-state index in [2.05, 4.69) is 15.3 Å². The van der Waals surface area contributed by atoms with Gasteiger partial charge in [-0.05, 0) is 11.5 Å². The van der Waals surface area contributed by atoms with Gasteiger partial charge in [-0.25, -0.2) is 9.78 Å². The van der Waals surface area contributed by atoms with E-state index < -0.39 is 11.9 Å². The van der Waals surface area contributed by atoms with Crippen molar-refractivity contribution in [2.24, 2.45) is 5.92 Å². The summed E-state index contributed by atoms with van der Waals surface area (Å²) in [6, 6.07) is 9.35. The summed E-state index contributed by atoms with van der Waals surface area (Å²) in [5.41, 5.74) is 0.657. The molecule has 2 aromatic rings.